The van der Waals surface area contributed by atoms with Crippen LogP contribution in [0.3, 0.4) is 0 Å². The van der Waals surface area contributed by atoms with Crippen molar-refractivity contribution in [2.75, 3.05) is 19.0 Å². The van der Waals surface area contributed by atoms with Gasteiger partial charge in [-0.15, -0.1) is 0 Å². The minimum atomic E-state index is -0.623. The maximum Gasteiger partial charge on any atom is 0.315 e. The van der Waals surface area contributed by atoms with E-state index in [9.17, 15) is 9.59 Å². The molecule has 1 aliphatic carbocycles. The fraction of sp³-hybridized carbons (Fsp3) is 0.393. The van der Waals surface area contributed by atoms with Crippen LogP contribution in [0.1, 0.15) is 56.6 Å². The van der Waals surface area contributed by atoms with Gasteiger partial charge in [-0.05, 0) is 68.5 Å². The lowest BCUT2D eigenvalue weighted by Gasteiger charge is -2.37. The number of anilines is 1. The van der Waals surface area contributed by atoms with Gasteiger partial charge in [0.2, 0.25) is 0 Å². The lowest BCUT2D eigenvalue weighted by atomic mass is 9.69. The molecule has 2 aliphatic rings. The summed E-state index contributed by atoms with van der Waals surface area (Å²) in [6.45, 7) is 5.54. The molecule has 4 rings (SSSR count). The molecule has 0 aromatic heterocycles. The molecule has 34 heavy (non-hydrogen) atoms. The number of rotatable bonds is 5. The number of benzene rings is 2. The summed E-state index contributed by atoms with van der Waals surface area (Å²) in [6.07, 6.45) is 0.787. The van der Waals surface area contributed by atoms with Crippen molar-refractivity contribution in [3.05, 3.63) is 76.0 Å². The second-order valence-corrected chi connectivity index (χ2v) is 10.1. The highest BCUT2D eigenvalue weighted by Crippen LogP contribution is 2.47. The number of carbonyl (C=O) groups is 2. The van der Waals surface area contributed by atoms with Gasteiger partial charge in [0.1, 0.15) is 5.92 Å². The average molecular weight is 479 g/mol. The molecule has 6 heteroatoms. The second kappa shape index (κ2) is 9.75. The molecule has 1 aliphatic heterocycles. The molecular weight excluding hydrogens is 448 g/mol. The van der Waals surface area contributed by atoms with Crippen molar-refractivity contribution in [1.82, 2.24) is 0 Å². The second-order valence-electron chi connectivity index (χ2n) is 9.62. The first-order chi connectivity index (χ1) is 16.2. The van der Waals surface area contributed by atoms with Crippen LogP contribution >= 0.6 is 11.6 Å². The third-order valence-corrected chi connectivity index (χ3v) is 6.86. The Kier molecular flexibility index (Phi) is 6.94. The number of ether oxygens (including phenoxy) is 1. The van der Waals surface area contributed by atoms with Crippen molar-refractivity contribution in [3.8, 4) is 0 Å². The number of halogens is 1. The van der Waals surface area contributed by atoms with E-state index in [1.807, 2.05) is 88.3 Å². The van der Waals surface area contributed by atoms with Crippen LogP contribution in [0.15, 0.2) is 64.8 Å². The molecule has 3 atom stereocenters. The molecular formula is C28H31ClN2O3. The fourth-order valence-electron chi connectivity index (χ4n) is 4.98. The Bertz CT molecular complexity index is 1150. The summed E-state index contributed by atoms with van der Waals surface area (Å²) in [5.41, 5.74) is 5.18. The number of hydrogen-bond donors (Lipinski definition) is 0. The number of esters is 1. The van der Waals surface area contributed by atoms with Gasteiger partial charge in [0.15, 0.2) is 5.78 Å². The highest BCUT2D eigenvalue weighted by Gasteiger charge is 2.44. The number of carbonyl (C=O) groups excluding carboxylic acids is 2. The zero-order chi connectivity index (χ0) is 24.6. The van der Waals surface area contributed by atoms with Gasteiger partial charge in [0.25, 0.3) is 0 Å². The highest BCUT2D eigenvalue weighted by molar-refractivity contribution is 6.30. The van der Waals surface area contributed by atoms with E-state index in [0.29, 0.717) is 29.1 Å². The predicted molar refractivity (Wildman–Crippen MR) is 137 cm³/mol. The molecule has 0 fully saturated rings. The van der Waals surface area contributed by atoms with Crippen LogP contribution < -0.4 is 4.90 Å². The minimum Gasteiger partial charge on any atom is -0.462 e. The molecule has 2 aromatic rings. The highest BCUT2D eigenvalue weighted by atomic mass is 35.5. The summed E-state index contributed by atoms with van der Waals surface area (Å²) in [7, 11) is 3.97. The van der Waals surface area contributed by atoms with Gasteiger partial charge < -0.3 is 9.64 Å². The van der Waals surface area contributed by atoms with Gasteiger partial charge in [-0.2, -0.15) is 0 Å². The Hall–Kier alpha value is -2.92. The monoisotopic (exact) mass is 478 g/mol. The fourth-order valence-corrected chi connectivity index (χ4v) is 5.11. The van der Waals surface area contributed by atoms with Crippen molar-refractivity contribution in [3.63, 3.8) is 0 Å². The maximum absolute atomic E-state index is 13.6. The smallest absolute Gasteiger partial charge is 0.315 e. The predicted octanol–water partition coefficient (Wildman–Crippen LogP) is 5.93. The van der Waals surface area contributed by atoms with Crippen molar-refractivity contribution >= 4 is 34.8 Å². The molecule has 178 valence electrons. The summed E-state index contributed by atoms with van der Waals surface area (Å²) in [5, 5.41) is 0.671. The quantitative estimate of drug-likeness (QED) is 0.499. The van der Waals surface area contributed by atoms with E-state index >= 15 is 0 Å². The van der Waals surface area contributed by atoms with Crippen LogP contribution in [0.4, 0.5) is 5.69 Å². The number of hydrogen-bond acceptors (Lipinski definition) is 5. The molecule has 2 aromatic carbocycles. The van der Waals surface area contributed by atoms with Gasteiger partial charge >= 0.3 is 5.97 Å². The Morgan fingerprint density at radius 3 is 2.24 bits per heavy atom. The molecule has 0 radical (unpaired) electrons. The Labute approximate surface area is 206 Å². The summed E-state index contributed by atoms with van der Waals surface area (Å²) in [4.78, 5) is 33.7. The lowest BCUT2D eigenvalue weighted by molar-refractivity contribution is -0.150. The molecule has 0 saturated heterocycles. The van der Waals surface area contributed by atoms with Gasteiger partial charge in [-0.25, -0.2) is 0 Å². The molecule has 0 amide bonds. The molecule has 0 spiro atoms. The molecule has 1 heterocycles. The number of Topliss-reactive ketones (excluding diaryl/α,β-unsaturated/α-hetero) is 1. The minimum absolute atomic E-state index is 0.0380. The zero-order valence-electron chi connectivity index (χ0n) is 20.3. The van der Waals surface area contributed by atoms with Gasteiger partial charge in [-0.3, -0.25) is 14.6 Å². The first-order valence-electron chi connectivity index (χ1n) is 11.7. The van der Waals surface area contributed by atoms with Crippen LogP contribution in [-0.2, 0) is 14.3 Å². The SMILES string of the molecule is CC1=NC2=C(C(=O)C[C@@H](c3ccc(Cl)cc3)C2)[C@@H](c2ccc(N(C)C)cc2)C1C(=O)OC(C)C. The summed E-state index contributed by atoms with van der Waals surface area (Å²) < 4.78 is 5.62. The lowest BCUT2D eigenvalue weighted by Crippen LogP contribution is -2.38. The maximum atomic E-state index is 13.6. The van der Waals surface area contributed by atoms with Gasteiger partial charge in [0, 0.05) is 54.1 Å². The zero-order valence-corrected chi connectivity index (χ0v) is 21.1. The number of nitrogens with zero attached hydrogens (tertiary/aromatic N) is 2. The van der Waals surface area contributed by atoms with E-state index in [4.69, 9.17) is 21.3 Å². The van der Waals surface area contributed by atoms with Crippen LogP contribution in [-0.4, -0.2) is 37.7 Å². The van der Waals surface area contributed by atoms with E-state index in [1.165, 1.54) is 0 Å². The van der Waals surface area contributed by atoms with E-state index in [1.54, 1.807) is 0 Å². The third-order valence-electron chi connectivity index (χ3n) is 6.60. The standard InChI is InChI=1S/C28H31ClN2O3/c1-16(2)34-28(33)25-17(3)30-23-14-20(18-6-10-21(29)11-7-18)15-24(32)27(23)26(25)19-8-12-22(13-9-19)31(4)5/h6-13,16,20,25-26H,14-15H2,1-5H3/t20-,25?,26-/m0/s1. The van der Waals surface area contributed by atoms with Crippen molar-refractivity contribution in [1.29, 1.82) is 0 Å². The topological polar surface area (TPSA) is 59.0 Å². The van der Waals surface area contributed by atoms with Crippen LogP contribution in [0.25, 0.3) is 0 Å². The first kappa shape index (κ1) is 24.2. The van der Waals surface area contributed by atoms with Crippen molar-refractivity contribution in [2.24, 2.45) is 10.9 Å². The largest absolute Gasteiger partial charge is 0.462 e. The molecule has 0 saturated carbocycles. The third kappa shape index (κ3) is 4.80. The summed E-state index contributed by atoms with van der Waals surface area (Å²) in [6, 6.07) is 15.7. The first-order valence-corrected chi connectivity index (χ1v) is 12.1. The normalized spacial score (nSPS) is 22.4. The van der Waals surface area contributed by atoms with E-state index in [2.05, 4.69) is 0 Å². The molecule has 5 nitrogen and oxygen atoms in total. The van der Waals surface area contributed by atoms with Gasteiger partial charge in [-0.1, -0.05) is 35.9 Å². The Balaban J connectivity index is 1.78. The average Bonchev–Trinajstić information content (AvgIpc) is 2.78. The number of aliphatic imine (C=N–C) groups is 1. The van der Waals surface area contributed by atoms with Crippen molar-refractivity contribution < 1.29 is 14.3 Å². The van der Waals surface area contributed by atoms with Crippen LogP contribution in [0.2, 0.25) is 5.02 Å². The van der Waals surface area contributed by atoms with Gasteiger partial charge in [0.05, 0.1) is 6.10 Å². The Morgan fingerprint density at radius 1 is 1.03 bits per heavy atom. The molecule has 0 N–H and O–H groups in total. The summed E-state index contributed by atoms with van der Waals surface area (Å²) in [5.74, 6) is -1.29. The summed E-state index contributed by atoms with van der Waals surface area (Å²) >= 11 is 6.06. The van der Waals surface area contributed by atoms with E-state index < -0.39 is 11.8 Å². The number of allylic oxidation sites excluding steroid dienone is 2. The van der Waals surface area contributed by atoms with Crippen LogP contribution in [0.5, 0.6) is 0 Å². The van der Waals surface area contributed by atoms with Crippen molar-refractivity contribution in [2.45, 2.75) is 51.6 Å². The van der Waals surface area contributed by atoms with E-state index in [0.717, 1.165) is 22.5 Å². The molecule has 0 bridgehead atoms. The Morgan fingerprint density at radius 2 is 1.65 bits per heavy atom. The van der Waals surface area contributed by atoms with Crippen LogP contribution in [0, 0.1) is 5.92 Å². The number of ketones is 1. The molecule has 1 unspecified atom stereocenters. The van der Waals surface area contributed by atoms with E-state index in [-0.39, 0.29) is 23.8 Å².